The Morgan fingerprint density at radius 3 is 2.90 bits per heavy atom. The van der Waals surface area contributed by atoms with Gasteiger partial charge in [-0.3, -0.25) is 0 Å². The summed E-state index contributed by atoms with van der Waals surface area (Å²) in [4.78, 5) is 15.0. The number of likely N-dealkylation sites (tertiary alicyclic amines) is 1. The van der Waals surface area contributed by atoms with E-state index in [4.69, 9.17) is 0 Å². The Bertz CT molecular complexity index is 441. The lowest BCUT2D eigenvalue weighted by Gasteiger charge is -2.34. The van der Waals surface area contributed by atoms with Gasteiger partial charge in [0.1, 0.15) is 0 Å². The molecule has 0 saturated carbocycles. The molecule has 0 spiro atoms. The van der Waals surface area contributed by atoms with Crippen LogP contribution in [-0.2, 0) is 0 Å². The first-order valence-corrected chi connectivity index (χ1v) is 8.54. The summed E-state index contributed by atoms with van der Waals surface area (Å²) < 4.78 is 0. The van der Waals surface area contributed by atoms with Crippen molar-refractivity contribution in [2.24, 2.45) is 5.92 Å². The number of hydrogen-bond acceptors (Lipinski definition) is 3. The molecule has 2 unspecified atom stereocenters. The first-order valence-electron chi connectivity index (χ1n) is 7.55. The molecule has 2 rings (SSSR count). The molecule has 2 atom stereocenters. The number of rotatable bonds is 5. The minimum absolute atomic E-state index is 0.0503. The lowest BCUT2D eigenvalue weighted by molar-refractivity contribution is 0.0436. The van der Waals surface area contributed by atoms with Crippen LogP contribution in [0.2, 0.25) is 0 Å². The Morgan fingerprint density at radius 2 is 2.19 bits per heavy atom. The van der Waals surface area contributed by atoms with Crippen LogP contribution >= 0.6 is 11.8 Å². The Morgan fingerprint density at radius 1 is 1.43 bits per heavy atom. The van der Waals surface area contributed by atoms with E-state index in [1.54, 1.807) is 16.7 Å². The van der Waals surface area contributed by atoms with Crippen molar-refractivity contribution in [1.82, 2.24) is 10.2 Å². The number of aliphatic hydroxyl groups excluding tert-OH is 1. The molecule has 2 amide bonds. The number of piperidine rings is 1. The number of aliphatic hydroxyl groups is 1. The Kier molecular flexibility index (Phi) is 6.39. The van der Waals surface area contributed by atoms with Crippen LogP contribution in [0.5, 0.6) is 0 Å². The summed E-state index contributed by atoms with van der Waals surface area (Å²) in [6, 6.07) is 10.2. The molecule has 0 aromatic heterocycles. The molecule has 21 heavy (non-hydrogen) atoms. The minimum Gasteiger partial charge on any atom is -0.391 e. The van der Waals surface area contributed by atoms with E-state index in [2.05, 4.69) is 17.4 Å². The molecule has 0 bridgehead atoms. The van der Waals surface area contributed by atoms with Gasteiger partial charge in [-0.05, 0) is 36.6 Å². The fraction of sp³-hybridized carbons (Fsp3) is 0.562. The summed E-state index contributed by atoms with van der Waals surface area (Å²) in [6.07, 6.45) is 1.43. The number of hydrogen-bond donors (Lipinski definition) is 2. The average molecular weight is 308 g/mol. The van der Waals surface area contributed by atoms with Gasteiger partial charge >= 0.3 is 6.03 Å². The lowest BCUT2D eigenvalue weighted by atomic mass is 9.96. The van der Waals surface area contributed by atoms with E-state index in [0.717, 1.165) is 25.1 Å². The molecule has 1 aromatic rings. The molecule has 1 saturated heterocycles. The van der Waals surface area contributed by atoms with E-state index in [1.807, 2.05) is 25.1 Å². The number of thioether (sulfide) groups is 1. The number of nitrogens with one attached hydrogen (secondary N) is 1. The second-order valence-electron chi connectivity index (χ2n) is 5.53. The second-order valence-corrected chi connectivity index (χ2v) is 6.69. The monoisotopic (exact) mass is 308 g/mol. The first-order chi connectivity index (χ1) is 10.2. The zero-order valence-corrected chi connectivity index (χ0v) is 13.3. The van der Waals surface area contributed by atoms with Crippen LogP contribution in [0.4, 0.5) is 4.79 Å². The molecule has 4 nitrogen and oxygen atoms in total. The fourth-order valence-corrected chi connectivity index (χ4v) is 3.19. The highest BCUT2D eigenvalue weighted by Crippen LogP contribution is 2.18. The van der Waals surface area contributed by atoms with Crippen molar-refractivity contribution in [2.75, 3.05) is 25.4 Å². The van der Waals surface area contributed by atoms with Crippen molar-refractivity contribution in [3.63, 3.8) is 0 Å². The van der Waals surface area contributed by atoms with Crippen LogP contribution in [0.1, 0.15) is 19.8 Å². The third-order valence-corrected chi connectivity index (χ3v) is 4.91. The van der Waals surface area contributed by atoms with Crippen LogP contribution in [0.3, 0.4) is 0 Å². The smallest absolute Gasteiger partial charge is 0.317 e. The topological polar surface area (TPSA) is 52.6 Å². The van der Waals surface area contributed by atoms with Gasteiger partial charge in [-0.1, -0.05) is 25.1 Å². The van der Waals surface area contributed by atoms with Crippen molar-refractivity contribution >= 4 is 17.8 Å². The molecule has 1 aliphatic heterocycles. The van der Waals surface area contributed by atoms with Crippen molar-refractivity contribution in [3.05, 3.63) is 30.3 Å². The number of urea groups is 1. The molecular formula is C16H24N2O2S. The lowest BCUT2D eigenvalue weighted by Crippen LogP contribution is -2.49. The fourth-order valence-electron chi connectivity index (χ4n) is 2.32. The van der Waals surface area contributed by atoms with E-state index in [-0.39, 0.29) is 11.9 Å². The van der Waals surface area contributed by atoms with E-state index >= 15 is 0 Å². The molecule has 0 aliphatic carbocycles. The van der Waals surface area contributed by atoms with Gasteiger partial charge in [0.05, 0.1) is 6.10 Å². The third-order valence-electron chi connectivity index (χ3n) is 3.82. The molecule has 1 aromatic carbocycles. The summed E-state index contributed by atoms with van der Waals surface area (Å²) >= 11 is 1.80. The minimum atomic E-state index is -0.391. The van der Waals surface area contributed by atoms with Gasteiger partial charge < -0.3 is 15.3 Å². The van der Waals surface area contributed by atoms with Gasteiger partial charge in [-0.15, -0.1) is 11.8 Å². The highest BCUT2D eigenvalue weighted by molar-refractivity contribution is 7.99. The maximum absolute atomic E-state index is 12.0. The van der Waals surface area contributed by atoms with Crippen molar-refractivity contribution in [3.8, 4) is 0 Å². The van der Waals surface area contributed by atoms with Crippen molar-refractivity contribution in [2.45, 2.75) is 30.8 Å². The molecule has 1 fully saturated rings. The maximum Gasteiger partial charge on any atom is 0.317 e. The average Bonchev–Trinajstić information content (AvgIpc) is 2.50. The highest BCUT2D eigenvalue weighted by Gasteiger charge is 2.26. The summed E-state index contributed by atoms with van der Waals surface area (Å²) in [5, 5.41) is 12.7. The first kappa shape index (κ1) is 16.2. The normalized spacial score (nSPS) is 22.1. The Labute approximate surface area is 130 Å². The molecule has 1 aliphatic rings. The Balaban J connectivity index is 1.59. The molecule has 0 radical (unpaired) electrons. The van der Waals surface area contributed by atoms with Crippen molar-refractivity contribution in [1.29, 1.82) is 0 Å². The molecule has 2 N–H and O–H groups in total. The van der Waals surface area contributed by atoms with Gasteiger partial charge in [-0.2, -0.15) is 0 Å². The zero-order valence-electron chi connectivity index (χ0n) is 12.5. The molecule has 116 valence electrons. The SMILES string of the molecule is CC1CCN(C(=O)NCCCSc2ccccc2)CC1O. The quantitative estimate of drug-likeness (QED) is 0.649. The van der Waals surface area contributed by atoms with Gasteiger partial charge in [0.25, 0.3) is 0 Å². The highest BCUT2D eigenvalue weighted by atomic mass is 32.2. The van der Waals surface area contributed by atoms with E-state index in [1.165, 1.54) is 4.90 Å². The zero-order chi connectivity index (χ0) is 15.1. The van der Waals surface area contributed by atoms with Crippen LogP contribution in [-0.4, -0.2) is 47.5 Å². The predicted molar refractivity (Wildman–Crippen MR) is 86.5 cm³/mol. The number of benzene rings is 1. The maximum atomic E-state index is 12.0. The largest absolute Gasteiger partial charge is 0.391 e. The summed E-state index contributed by atoms with van der Waals surface area (Å²) in [5.74, 6) is 1.28. The summed E-state index contributed by atoms with van der Waals surface area (Å²) in [5.41, 5.74) is 0. The predicted octanol–water partition coefficient (Wildman–Crippen LogP) is 2.58. The molecule has 1 heterocycles. The standard InChI is InChI=1S/C16H24N2O2S/c1-13-8-10-18(12-15(13)19)16(20)17-9-5-11-21-14-6-3-2-4-7-14/h2-4,6-7,13,15,19H,5,8-12H2,1H3,(H,17,20). The number of nitrogens with zero attached hydrogens (tertiary/aromatic N) is 1. The third kappa shape index (κ3) is 5.25. The number of β-amino-alcohol motifs (C(OH)–C–C–N with tert-alkyl or cyclic N) is 1. The van der Waals surface area contributed by atoms with Crippen LogP contribution in [0.15, 0.2) is 35.2 Å². The van der Waals surface area contributed by atoms with Gasteiger partial charge in [0.2, 0.25) is 0 Å². The van der Waals surface area contributed by atoms with Gasteiger partial charge in [0, 0.05) is 24.5 Å². The van der Waals surface area contributed by atoms with Crippen LogP contribution in [0, 0.1) is 5.92 Å². The second kappa shape index (κ2) is 8.29. The summed E-state index contributed by atoms with van der Waals surface area (Å²) in [6.45, 7) is 3.90. The van der Waals surface area contributed by atoms with E-state index < -0.39 is 6.10 Å². The molecule has 5 heteroatoms. The van der Waals surface area contributed by atoms with E-state index in [9.17, 15) is 9.90 Å². The number of carbonyl (C=O) groups excluding carboxylic acids is 1. The Hall–Kier alpha value is -1.20. The number of carbonyl (C=O) groups is 1. The number of amides is 2. The van der Waals surface area contributed by atoms with Crippen LogP contribution < -0.4 is 5.32 Å². The van der Waals surface area contributed by atoms with Gasteiger partial charge in [-0.25, -0.2) is 4.79 Å². The van der Waals surface area contributed by atoms with Crippen molar-refractivity contribution < 1.29 is 9.90 Å². The summed E-state index contributed by atoms with van der Waals surface area (Å²) in [7, 11) is 0. The van der Waals surface area contributed by atoms with Crippen LogP contribution in [0.25, 0.3) is 0 Å². The van der Waals surface area contributed by atoms with Gasteiger partial charge in [0.15, 0.2) is 0 Å². The molecular weight excluding hydrogens is 284 g/mol. The van der Waals surface area contributed by atoms with E-state index in [0.29, 0.717) is 13.1 Å².